The highest BCUT2D eigenvalue weighted by Crippen LogP contribution is 1.89. The van der Waals surface area contributed by atoms with Crippen LogP contribution in [0.15, 0.2) is 0 Å². The molecule has 13 heavy (non-hydrogen) atoms. The normalized spacial score (nSPS) is 11.8. The molecule has 0 aliphatic carbocycles. The van der Waals surface area contributed by atoms with Crippen LogP contribution in [0, 0.1) is 17.2 Å². The summed E-state index contributed by atoms with van der Waals surface area (Å²) in [6.07, 6.45) is 0.491. The number of nitrogens with zero attached hydrogens (tertiary/aromatic N) is 2. The molecule has 1 N–H and O–H groups in total. The van der Waals surface area contributed by atoms with Gasteiger partial charge < -0.3 is 10.2 Å². The standard InChI is InChI=1S/C9H17N3O/c1-8(6-10)7-11-5-4-9(13)12(2)3/h8,11H,4-5,7H2,1-3H3. The quantitative estimate of drug-likeness (QED) is 0.620. The van der Waals surface area contributed by atoms with Gasteiger partial charge in [0.25, 0.3) is 0 Å². The number of nitriles is 1. The number of carbonyl (C=O) groups is 1. The minimum atomic E-state index is 0.00876. The van der Waals surface area contributed by atoms with E-state index in [2.05, 4.69) is 11.4 Å². The fourth-order valence-electron chi connectivity index (χ4n) is 0.783. The molecule has 0 saturated heterocycles. The third kappa shape index (κ3) is 6.12. The van der Waals surface area contributed by atoms with Gasteiger partial charge in [0.2, 0.25) is 5.91 Å². The monoisotopic (exact) mass is 183 g/mol. The van der Waals surface area contributed by atoms with Crippen LogP contribution in [0.2, 0.25) is 0 Å². The molecule has 0 aliphatic rings. The molecule has 0 spiro atoms. The third-order valence-corrected chi connectivity index (χ3v) is 1.69. The molecule has 0 rings (SSSR count). The molecule has 1 amide bonds. The first-order chi connectivity index (χ1) is 6.07. The van der Waals surface area contributed by atoms with Crippen molar-refractivity contribution in [1.29, 1.82) is 5.26 Å². The molecule has 1 unspecified atom stereocenters. The van der Waals surface area contributed by atoms with Gasteiger partial charge in [-0.15, -0.1) is 0 Å². The van der Waals surface area contributed by atoms with Crippen molar-refractivity contribution in [3.05, 3.63) is 0 Å². The first-order valence-electron chi connectivity index (χ1n) is 4.38. The zero-order valence-corrected chi connectivity index (χ0v) is 8.50. The Kier molecular flexibility index (Phi) is 5.90. The van der Waals surface area contributed by atoms with Crippen LogP contribution < -0.4 is 5.32 Å². The molecule has 0 radical (unpaired) electrons. The summed E-state index contributed by atoms with van der Waals surface area (Å²) < 4.78 is 0. The second kappa shape index (κ2) is 6.44. The molecular weight excluding hydrogens is 166 g/mol. The summed E-state index contributed by atoms with van der Waals surface area (Å²) in [5.41, 5.74) is 0. The number of nitrogens with one attached hydrogen (secondary N) is 1. The summed E-state index contributed by atoms with van der Waals surface area (Å²) in [7, 11) is 3.47. The number of amides is 1. The van der Waals surface area contributed by atoms with E-state index in [9.17, 15) is 4.79 Å². The van der Waals surface area contributed by atoms with E-state index in [1.54, 1.807) is 19.0 Å². The lowest BCUT2D eigenvalue weighted by molar-refractivity contribution is -0.128. The smallest absolute Gasteiger partial charge is 0.223 e. The van der Waals surface area contributed by atoms with Crippen molar-refractivity contribution in [2.45, 2.75) is 13.3 Å². The predicted molar refractivity (Wildman–Crippen MR) is 51.0 cm³/mol. The van der Waals surface area contributed by atoms with E-state index in [1.807, 2.05) is 6.92 Å². The molecule has 0 aromatic rings. The van der Waals surface area contributed by atoms with Gasteiger partial charge in [-0.25, -0.2) is 0 Å². The molecule has 74 valence electrons. The lowest BCUT2D eigenvalue weighted by atomic mass is 10.2. The summed E-state index contributed by atoms with van der Waals surface area (Å²) in [6, 6.07) is 2.12. The fourth-order valence-corrected chi connectivity index (χ4v) is 0.783. The number of carbonyl (C=O) groups excluding carboxylic acids is 1. The maximum Gasteiger partial charge on any atom is 0.223 e. The first-order valence-corrected chi connectivity index (χ1v) is 4.38. The number of hydrogen-bond acceptors (Lipinski definition) is 3. The van der Waals surface area contributed by atoms with Gasteiger partial charge in [0, 0.05) is 33.6 Å². The summed E-state index contributed by atoms with van der Waals surface area (Å²) in [5, 5.41) is 11.5. The number of hydrogen-bond donors (Lipinski definition) is 1. The van der Waals surface area contributed by atoms with Crippen LogP contribution in [0.1, 0.15) is 13.3 Å². The number of rotatable bonds is 5. The maximum absolute atomic E-state index is 11.1. The zero-order valence-electron chi connectivity index (χ0n) is 8.50. The van der Waals surface area contributed by atoms with Gasteiger partial charge in [0.05, 0.1) is 12.0 Å². The van der Waals surface area contributed by atoms with Gasteiger partial charge in [-0.1, -0.05) is 0 Å². The van der Waals surface area contributed by atoms with Gasteiger partial charge in [-0.2, -0.15) is 5.26 Å². The topological polar surface area (TPSA) is 56.1 Å². The molecule has 0 fully saturated rings. The minimum Gasteiger partial charge on any atom is -0.349 e. The molecule has 0 aromatic heterocycles. The Balaban J connectivity index is 3.37. The van der Waals surface area contributed by atoms with Gasteiger partial charge in [0.1, 0.15) is 0 Å². The van der Waals surface area contributed by atoms with E-state index in [0.29, 0.717) is 19.5 Å². The Bertz CT molecular complexity index is 196. The molecular formula is C9H17N3O. The summed E-state index contributed by atoms with van der Waals surface area (Å²) in [5.74, 6) is 0.117. The largest absolute Gasteiger partial charge is 0.349 e. The van der Waals surface area contributed by atoms with Crippen molar-refractivity contribution in [2.75, 3.05) is 27.2 Å². The first kappa shape index (κ1) is 11.9. The molecule has 0 bridgehead atoms. The van der Waals surface area contributed by atoms with E-state index >= 15 is 0 Å². The van der Waals surface area contributed by atoms with Crippen molar-refractivity contribution >= 4 is 5.91 Å². The predicted octanol–water partition coefficient (Wildman–Crippen LogP) is 0.214. The van der Waals surface area contributed by atoms with E-state index in [0.717, 1.165) is 0 Å². The van der Waals surface area contributed by atoms with Gasteiger partial charge in [-0.05, 0) is 6.92 Å². The minimum absolute atomic E-state index is 0.00876. The van der Waals surface area contributed by atoms with Crippen molar-refractivity contribution < 1.29 is 4.79 Å². The molecule has 0 heterocycles. The van der Waals surface area contributed by atoms with Crippen LogP contribution in [-0.2, 0) is 4.79 Å². The second-order valence-electron chi connectivity index (χ2n) is 3.27. The van der Waals surface area contributed by atoms with Crippen LogP contribution in [0.25, 0.3) is 0 Å². The summed E-state index contributed by atoms with van der Waals surface area (Å²) in [4.78, 5) is 12.6. The van der Waals surface area contributed by atoms with Gasteiger partial charge in [-0.3, -0.25) is 4.79 Å². The van der Waals surface area contributed by atoms with Gasteiger partial charge in [0.15, 0.2) is 0 Å². The van der Waals surface area contributed by atoms with Crippen molar-refractivity contribution in [3.8, 4) is 6.07 Å². The Morgan fingerprint density at radius 1 is 1.62 bits per heavy atom. The molecule has 4 heteroatoms. The van der Waals surface area contributed by atoms with Crippen molar-refractivity contribution in [3.63, 3.8) is 0 Å². The average molecular weight is 183 g/mol. The Labute approximate surface area is 79.5 Å². The Morgan fingerprint density at radius 3 is 2.69 bits per heavy atom. The molecule has 4 nitrogen and oxygen atoms in total. The highest BCUT2D eigenvalue weighted by Gasteiger charge is 2.03. The SMILES string of the molecule is CC(C#N)CNCCC(=O)N(C)C. The van der Waals surface area contributed by atoms with Crippen LogP contribution in [0.4, 0.5) is 0 Å². The summed E-state index contributed by atoms with van der Waals surface area (Å²) >= 11 is 0. The van der Waals surface area contributed by atoms with Crippen LogP contribution >= 0.6 is 0 Å². The van der Waals surface area contributed by atoms with E-state index in [4.69, 9.17) is 5.26 Å². The Morgan fingerprint density at radius 2 is 2.23 bits per heavy atom. The third-order valence-electron chi connectivity index (χ3n) is 1.69. The fraction of sp³-hybridized carbons (Fsp3) is 0.778. The summed E-state index contributed by atoms with van der Waals surface area (Å²) in [6.45, 7) is 3.14. The average Bonchev–Trinajstić information content (AvgIpc) is 2.11. The molecule has 1 atom stereocenters. The van der Waals surface area contributed by atoms with E-state index in [-0.39, 0.29) is 11.8 Å². The van der Waals surface area contributed by atoms with Crippen LogP contribution in [-0.4, -0.2) is 38.0 Å². The molecule has 0 saturated carbocycles. The van der Waals surface area contributed by atoms with Crippen LogP contribution in [0.5, 0.6) is 0 Å². The highest BCUT2D eigenvalue weighted by atomic mass is 16.2. The maximum atomic E-state index is 11.1. The second-order valence-corrected chi connectivity index (χ2v) is 3.27. The highest BCUT2D eigenvalue weighted by molar-refractivity contribution is 5.75. The molecule has 0 aromatic carbocycles. The lowest BCUT2D eigenvalue weighted by Crippen LogP contribution is -2.28. The lowest BCUT2D eigenvalue weighted by Gasteiger charge is -2.10. The molecule has 0 aliphatic heterocycles. The van der Waals surface area contributed by atoms with Crippen LogP contribution in [0.3, 0.4) is 0 Å². The van der Waals surface area contributed by atoms with Crippen molar-refractivity contribution in [2.24, 2.45) is 5.92 Å². The van der Waals surface area contributed by atoms with Gasteiger partial charge >= 0.3 is 0 Å². The van der Waals surface area contributed by atoms with E-state index < -0.39 is 0 Å². The zero-order chi connectivity index (χ0) is 10.3. The van der Waals surface area contributed by atoms with E-state index in [1.165, 1.54) is 0 Å². The Hall–Kier alpha value is -1.08. The van der Waals surface area contributed by atoms with Crippen molar-refractivity contribution in [1.82, 2.24) is 10.2 Å².